The number of nitro benzene ring substituents is 1. The van der Waals surface area contributed by atoms with E-state index >= 15 is 0 Å². The lowest BCUT2D eigenvalue weighted by atomic mass is 10.1. The number of hydrogen-bond acceptors (Lipinski definition) is 5. The van der Waals surface area contributed by atoms with Gasteiger partial charge in [-0.2, -0.15) is 5.10 Å². The number of nitro groups is 1. The molecule has 8 nitrogen and oxygen atoms in total. The van der Waals surface area contributed by atoms with Crippen LogP contribution in [0.2, 0.25) is 0 Å². The molecule has 3 aromatic rings. The van der Waals surface area contributed by atoms with Crippen LogP contribution in [-0.2, 0) is 13.1 Å². The molecule has 0 atom stereocenters. The van der Waals surface area contributed by atoms with Crippen molar-refractivity contribution < 1.29 is 9.72 Å². The first-order valence-electron chi connectivity index (χ1n) is 9.89. The summed E-state index contributed by atoms with van der Waals surface area (Å²) in [4.78, 5) is 25.4. The molecular weight excluding hydrogens is 382 g/mol. The third-order valence-electron chi connectivity index (χ3n) is 4.97. The molecule has 0 spiro atoms. The van der Waals surface area contributed by atoms with Crippen LogP contribution >= 0.6 is 0 Å². The Balaban J connectivity index is 1.68. The second-order valence-electron chi connectivity index (χ2n) is 6.84. The van der Waals surface area contributed by atoms with Gasteiger partial charge in [-0.3, -0.25) is 19.8 Å². The Bertz CT molecular complexity index is 1030. The van der Waals surface area contributed by atoms with E-state index in [2.05, 4.69) is 35.2 Å². The second-order valence-corrected chi connectivity index (χ2v) is 6.84. The zero-order valence-electron chi connectivity index (χ0n) is 17.1. The smallest absolute Gasteiger partial charge is 0.272 e. The van der Waals surface area contributed by atoms with Crippen LogP contribution in [0.15, 0.2) is 60.8 Å². The highest BCUT2D eigenvalue weighted by atomic mass is 16.6. The minimum absolute atomic E-state index is 0.0289. The average molecular weight is 407 g/mol. The van der Waals surface area contributed by atoms with Crippen LogP contribution < -0.4 is 5.32 Å². The molecule has 1 heterocycles. The number of rotatable bonds is 9. The summed E-state index contributed by atoms with van der Waals surface area (Å²) in [6.45, 7) is 7.43. The highest BCUT2D eigenvalue weighted by molar-refractivity contribution is 5.92. The Morgan fingerprint density at radius 1 is 1.10 bits per heavy atom. The van der Waals surface area contributed by atoms with Crippen molar-refractivity contribution in [2.45, 2.75) is 26.9 Å². The van der Waals surface area contributed by atoms with Crippen LogP contribution in [0.5, 0.6) is 0 Å². The number of carbonyl (C=O) groups excluding carboxylic acids is 1. The van der Waals surface area contributed by atoms with E-state index in [4.69, 9.17) is 0 Å². The number of hydrogen-bond donors (Lipinski definition) is 1. The van der Waals surface area contributed by atoms with Crippen molar-refractivity contribution in [3.8, 4) is 5.69 Å². The molecule has 1 aromatic heterocycles. The predicted molar refractivity (Wildman–Crippen MR) is 114 cm³/mol. The lowest BCUT2D eigenvalue weighted by molar-refractivity contribution is -0.384. The molecule has 0 saturated heterocycles. The fourth-order valence-electron chi connectivity index (χ4n) is 3.18. The molecule has 3 rings (SSSR count). The van der Waals surface area contributed by atoms with Crippen molar-refractivity contribution >= 4 is 11.6 Å². The van der Waals surface area contributed by atoms with Gasteiger partial charge in [-0.25, -0.2) is 4.68 Å². The Morgan fingerprint density at radius 2 is 1.83 bits per heavy atom. The quantitative estimate of drug-likeness (QED) is 0.432. The fourth-order valence-corrected chi connectivity index (χ4v) is 3.18. The molecule has 0 bridgehead atoms. The molecule has 0 radical (unpaired) electrons. The van der Waals surface area contributed by atoms with Gasteiger partial charge in [-0.15, -0.1) is 0 Å². The Kier molecular flexibility index (Phi) is 6.92. The molecule has 8 heteroatoms. The maximum atomic E-state index is 12.6. The summed E-state index contributed by atoms with van der Waals surface area (Å²) in [5.41, 5.74) is 2.99. The third kappa shape index (κ3) is 5.09. The van der Waals surface area contributed by atoms with Crippen molar-refractivity contribution in [2.24, 2.45) is 0 Å². The van der Waals surface area contributed by atoms with Crippen LogP contribution in [0, 0.1) is 10.1 Å². The van der Waals surface area contributed by atoms with E-state index in [0.29, 0.717) is 12.2 Å². The van der Waals surface area contributed by atoms with E-state index in [9.17, 15) is 14.9 Å². The monoisotopic (exact) mass is 407 g/mol. The molecule has 0 saturated carbocycles. The lowest BCUT2D eigenvalue weighted by Gasteiger charge is -2.20. The summed E-state index contributed by atoms with van der Waals surface area (Å²) in [6, 6.07) is 15.8. The fraction of sp³-hybridized carbons (Fsp3) is 0.273. The summed E-state index contributed by atoms with van der Waals surface area (Å²) in [5, 5.41) is 18.1. The van der Waals surface area contributed by atoms with Gasteiger partial charge in [0.1, 0.15) is 0 Å². The van der Waals surface area contributed by atoms with Gasteiger partial charge in [-0.05, 0) is 36.3 Å². The van der Waals surface area contributed by atoms with Crippen molar-refractivity contribution in [3.05, 3.63) is 87.7 Å². The average Bonchev–Trinajstić information content (AvgIpc) is 3.27. The van der Waals surface area contributed by atoms with Crippen molar-refractivity contribution in [1.82, 2.24) is 20.0 Å². The van der Waals surface area contributed by atoms with Crippen LogP contribution in [-0.4, -0.2) is 38.6 Å². The van der Waals surface area contributed by atoms with Gasteiger partial charge >= 0.3 is 0 Å². The van der Waals surface area contributed by atoms with E-state index in [-0.39, 0.29) is 17.3 Å². The van der Waals surface area contributed by atoms with E-state index in [0.717, 1.165) is 25.2 Å². The Morgan fingerprint density at radius 3 is 2.53 bits per heavy atom. The second kappa shape index (κ2) is 9.80. The molecule has 0 unspecified atom stereocenters. The normalized spacial score (nSPS) is 10.9. The highest BCUT2D eigenvalue weighted by Crippen LogP contribution is 2.16. The largest absolute Gasteiger partial charge is 0.347 e. The van der Waals surface area contributed by atoms with Gasteiger partial charge in [0.15, 0.2) is 5.69 Å². The maximum Gasteiger partial charge on any atom is 0.272 e. The molecule has 0 aliphatic heterocycles. The molecule has 0 fully saturated rings. The number of non-ortho nitro benzene ring substituents is 1. The zero-order valence-corrected chi connectivity index (χ0v) is 17.1. The van der Waals surface area contributed by atoms with Crippen LogP contribution in [0.25, 0.3) is 5.69 Å². The number of nitrogens with one attached hydrogen (secondary N) is 1. The number of carbonyl (C=O) groups is 1. The molecule has 1 amide bonds. The summed E-state index contributed by atoms with van der Waals surface area (Å²) in [7, 11) is 0. The molecular formula is C22H25N5O3. The van der Waals surface area contributed by atoms with E-state index < -0.39 is 4.92 Å². The predicted octanol–water partition coefficient (Wildman–Crippen LogP) is 3.55. The Labute approximate surface area is 175 Å². The van der Waals surface area contributed by atoms with Crippen LogP contribution in [0.1, 0.15) is 35.5 Å². The van der Waals surface area contributed by atoms with Crippen LogP contribution in [0.3, 0.4) is 0 Å². The molecule has 156 valence electrons. The van der Waals surface area contributed by atoms with Gasteiger partial charge < -0.3 is 5.32 Å². The summed E-state index contributed by atoms with van der Waals surface area (Å²) in [6.07, 6.45) is 1.61. The van der Waals surface area contributed by atoms with Gasteiger partial charge in [-0.1, -0.05) is 44.2 Å². The van der Waals surface area contributed by atoms with Gasteiger partial charge in [0.25, 0.3) is 11.6 Å². The number of benzene rings is 2. The topological polar surface area (TPSA) is 93.3 Å². The SMILES string of the molecule is CCN(CC)Cc1ccccc1CNC(=O)c1ccn(-c2cccc([N+](=O)[O-])c2)n1. The summed E-state index contributed by atoms with van der Waals surface area (Å²) in [5.74, 6) is -0.295. The minimum atomic E-state index is -0.462. The first-order valence-corrected chi connectivity index (χ1v) is 9.89. The standard InChI is InChI=1S/C22H25N5O3/c1-3-25(4-2)16-18-9-6-5-8-17(18)15-23-22(28)21-12-13-26(24-21)19-10-7-11-20(14-19)27(29)30/h5-14H,3-4,15-16H2,1-2H3,(H,23,28). The highest BCUT2D eigenvalue weighted by Gasteiger charge is 2.13. The van der Waals surface area contributed by atoms with Crippen molar-refractivity contribution in [3.63, 3.8) is 0 Å². The number of amides is 1. The third-order valence-corrected chi connectivity index (χ3v) is 4.97. The number of nitrogens with zero attached hydrogens (tertiary/aromatic N) is 4. The Hall–Kier alpha value is -3.52. The lowest BCUT2D eigenvalue weighted by Crippen LogP contribution is -2.26. The summed E-state index contributed by atoms with van der Waals surface area (Å²) < 4.78 is 1.45. The van der Waals surface area contributed by atoms with Crippen LogP contribution in [0.4, 0.5) is 5.69 Å². The summed E-state index contributed by atoms with van der Waals surface area (Å²) >= 11 is 0. The number of aromatic nitrogens is 2. The van der Waals surface area contributed by atoms with Gasteiger partial charge in [0.2, 0.25) is 0 Å². The first kappa shape index (κ1) is 21.2. The molecule has 2 aromatic carbocycles. The minimum Gasteiger partial charge on any atom is -0.347 e. The van der Waals surface area contributed by atoms with E-state index in [1.807, 2.05) is 18.2 Å². The van der Waals surface area contributed by atoms with E-state index in [1.54, 1.807) is 24.4 Å². The van der Waals surface area contributed by atoms with Crippen molar-refractivity contribution in [1.29, 1.82) is 0 Å². The zero-order chi connectivity index (χ0) is 21.5. The molecule has 30 heavy (non-hydrogen) atoms. The first-order chi connectivity index (χ1) is 14.5. The molecule has 1 N–H and O–H groups in total. The molecule has 0 aliphatic carbocycles. The van der Waals surface area contributed by atoms with Gasteiger partial charge in [0.05, 0.1) is 10.6 Å². The molecule has 0 aliphatic rings. The maximum absolute atomic E-state index is 12.6. The van der Waals surface area contributed by atoms with Gasteiger partial charge in [0, 0.05) is 31.4 Å². The van der Waals surface area contributed by atoms with Crippen molar-refractivity contribution in [2.75, 3.05) is 13.1 Å². The van der Waals surface area contributed by atoms with E-state index in [1.165, 1.54) is 22.4 Å².